The Morgan fingerprint density at radius 3 is 2.65 bits per heavy atom. The largest absolute Gasteiger partial charge is 0.511 e. The van der Waals surface area contributed by atoms with Gasteiger partial charge in [0, 0.05) is 11.5 Å². The van der Waals surface area contributed by atoms with Crippen LogP contribution in [0.4, 0.5) is 4.79 Å². The van der Waals surface area contributed by atoms with E-state index in [0.29, 0.717) is 11.3 Å². The van der Waals surface area contributed by atoms with Gasteiger partial charge in [0.15, 0.2) is 11.3 Å². The molecule has 90 valence electrons. The number of benzene rings is 1. The second kappa shape index (κ2) is 4.01. The van der Waals surface area contributed by atoms with E-state index in [1.165, 1.54) is 13.2 Å². The van der Waals surface area contributed by atoms with Crippen LogP contribution in [-0.2, 0) is 0 Å². The number of carboxylic acid groups (broad SMARTS) is 1. The first-order valence-electron chi connectivity index (χ1n) is 5.01. The second-order valence-corrected chi connectivity index (χ2v) is 3.65. The number of carbonyl (C=O) groups is 1. The smallest absolute Gasteiger partial charge is 0.493 e. The SMILES string of the molecule is COc1cc(OC(=O)O)cc2c(C)c(C)oc12. The summed E-state index contributed by atoms with van der Waals surface area (Å²) in [6.07, 6.45) is -1.36. The minimum absolute atomic E-state index is 0.214. The van der Waals surface area contributed by atoms with Crippen LogP contribution in [-0.4, -0.2) is 18.4 Å². The summed E-state index contributed by atoms with van der Waals surface area (Å²) in [6, 6.07) is 3.11. The van der Waals surface area contributed by atoms with Crippen molar-refractivity contribution < 1.29 is 23.8 Å². The third kappa shape index (κ3) is 1.91. The molecule has 1 aromatic heterocycles. The van der Waals surface area contributed by atoms with Crippen molar-refractivity contribution in [2.75, 3.05) is 7.11 Å². The summed E-state index contributed by atoms with van der Waals surface area (Å²) in [6.45, 7) is 3.73. The molecule has 5 heteroatoms. The molecule has 2 rings (SSSR count). The molecule has 0 fully saturated rings. The number of fused-ring (bicyclic) bond motifs is 1. The van der Waals surface area contributed by atoms with E-state index >= 15 is 0 Å². The summed E-state index contributed by atoms with van der Waals surface area (Å²) in [5.74, 6) is 1.44. The molecule has 0 saturated carbocycles. The first-order valence-corrected chi connectivity index (χ1v) is 5.01. The van der Waals surface area contributed by atoms with Crippen LogP contribution in [0.25, 0.3) is 11.0 Å². The Hall–Kier alpha value is -2.17. The van der Waals surface area contributed by atoms with E-state index in [1.54, 1.807) is 6.07 Å². The summed E-state index contributed by atoms with van der Waals surface area (Å²) >= 11 is 0. The van der Waals surface area contributed by atoms with E-state index in [2.05, 4.69) is 4.74 Å². The van der Waals surface area contributed by atoms with E-state index in [0.717, 1.165) is 16.7 Å². The molecule has 0 aliphatic heterocycles. The van der Waals surface area contributed by atoms with Crippen molar-refractivity contribution in [2.24, 2.45) is 0 Å². The van der Waals surface area contributed by atoms with E-state index in [-0.39, 0.29) is 5.75 Å². The van der Waals surface area contributed by atoms with Crippen molar-refractivity contribution in [1.29, 1.82) is 0 Å². The predicted molar refractivity (Wildman–Crippen MR) is 60.9 cm³/mol. The summed E-state index contributed by atoms with van der Waals surface area (Å²) in [5.41, 5.74) is 1.54. The van der Waals surface area contributed by atoms with Gasteiger partial charge in [-0.2, -0.15) is 0 Å². The van der Waals surface area contributed by atoms with Gasteiger partial charge in [0.2, 0.25) is 0 Å². The zero-order valence-corrected chi connectivity index (χ0v) is 9.73. The van der Waals surface area contributed by atoms with E-state index in [1.807, 2.05) is 13.8 Å². The Balaban J connectivity index is 2.66. The number of aryl methyl sites for hydroxylation is 2. The fourth-order valence-corrected chi connectivity index (χ4v) is 1.69. The van der Waals surface area contributed by atoms with Crippen LogP contribution >= 0.6 is 0 Å². The van der Waals surface area contributed by atoms with E-state index in [9.17, 15) is 4.79 Å². The van der Waals surface area contributed by atoms with Crippen molar-refractivity contribution in [3.05, 3.63) is 23.5 Å². The molecule has 1 aromatic carbocycles. The Morgan fingerprint density at radius 1 is 1.35 bits per heavy atom. The lowest BCUT2D eigenvalue weighted by Crippen LogP contribution is -2.03. The summed E-state index contributed by atoms with van der Waals surface area (Å²) in [4.78, 5) is 10.5. The van der Waals surface area contributed by atoms with Gasteiger partial charge in [-0.1, -0.05) is 0 Å². The topological polar surface area (TPSA) is 68.9 Å². The first-order chi connectivity index (χ1) is 8.02. The normalized spacial score (nSPS) is 10.5. The van der Waals surface area contributed by atoms with Crippen molar-refractivity contribution in [3.8, 4) is 11.5 Å². The third-order valence-electron chi connectivity index (χ3n) is 2.64. The Morgan fingerprint density at radius 2 is 2.06 bits per heavy atom. The monoisotopic (exact) mass is 236 g/mol. The molecule has 0 bridgehead atoms. The molecule has 0 aliphatic carbocycles. The zero-order chi connectivity index (χ0) is 12.6. The molecule has 0 spiro atoms. The zero-order valence-electron chi connectivity index (χ0n) is 9.73. The van der Waals surface area contributed by atoms with Gasteiger partial charge in [0.05, 0.1) is 7.11 Å². The molecule has 0 aliphatic rings. The highest BCUT2D eigenvalue weighted by Gasteiger charge is 2.15. The Kier molecular flexibility index (Phi) is 2.67. The first kappa shape index (κ1) is 11.3. The third-order valence-corrected chi connectivity index (χ3v) is 2.64. The van der Waals surface area contributed by atoms with Gasteiger partial charge >= 0.3 is 6.16 Å². The Labute approximate surface area is 97.6 Å². The number of furan rings is 1. The summed E-state index contributed by atoms with van der Waals surface area (Å²) in [7, 11) is 1.49. The van der Waals surface area contributed by atoms with Crippen LogP contribution in [0.15, 0.2) is 16.5 Å². The van der Waals surface area contributed by atoms with Crippen molar-refractivity contribution in [2.45, 2.75) is 13.8 Å². The highest BCUT2D eigenvalue weighted by molar-refractivity contribution is 5.89. The fourth-order valence-electron chi connectivity index (χ4n) is 1.69. The van der Waals surface area contributed by atoms with Crippen LogP contribution in [0.1, 0.15) is 11.3 Å². The molecule has 0 radical (unpaired) electrons. The van der Waals surface area contributed by atoms with E-state index < -0.39 is 6.16 Å². The lowest BCUT2D eigenvalue weighted by Gasteiger charge is -2.04. The van der Waals surface area contributed by atoms with Crippen LogP contribution in [0, 0.1) is 13.8 Å². The molecule has 2 aromatic rings. The fraction of sp³-hybridized carbons (Fsp3) is 0.250. The van der Waals surface area contributed by atoms with Crippen molar-refractivity contribution in [3.63, 3.8) is 0 Å². The number of rotatable bonds is 2. The van der Waals surface area contributed by atoms with Crippen LogP contribution < -0.4 is 9.47 Å². The maximum atomic E-state index is 10.5. The maximum absolute atomic E-state index is 10.5. The van der Waals surface area contributed by atoms with Crippen LogP contribution in [0.2, 0.25) is 0 Å². The minimum atomic E-state index is -1.36. The molecule has 1 heterocycles. The average Bonchev–Trinajstić information content (AvgIpc) is 2.54. The van der Waals surface area contributed by atoms with Crippen molar-refractivity contribution in [1.82, 2.24) is 0 Å². The molecule has 0 atom stereocenters. The van der Waals surface area contributed by atoms with Gasteiger partial charge in [-0.05, 0) is 25.5 Å². The molecule has 17 heavy (non-hydrogen) atoms. The minimum Gasteiger partial charge on any atom is -0.493 e. The van der Waals surface area contributed by atoms with Gasteiger partial charge in [-0.25, -0.2) is 4.79 Å². The van der Waals surface area contributed by atoms with Crippen LogP contribution in [0.3, 0.4) is 0 Å². The molecule has 0 unspecified atom stereocenters. The summed E-state index contributed by atoms with van der Waals surface area (Å²) < 4.78 is 15.3. The predicted octanol–water partition coefficient (Wildman–Crippen LogP) is 3.12. The highest BCUT2D eigenvalue weighted by atomic mass is 16.7. The number of hydrogen-bond acceptors (Lipinski definition) is 4. The number of ether oxygens (including phenoxy) is 2. The van der Waals surface area contributed by atoms with E-state index in [4.69, 9.17) is 14.3 Å². The maximum Gasteiger partial charge on any atom is 0.511 e. The molecule has 5 nitrogen and oxygen atoms in total. The van der Waals surface area contributed by atoms with Gasteiger partial charge in [-0.15, -0.1) is 0 Å². The quantitative estimate of drug-likeness (QED) is 0.640. The van der Waals surface area contributed by atoms with Gasteiger partial charge in [0.25, 0.3) is 0 Å². The summed E-state index contributed by atoms with van der Waals surface area (Å²) in [5, 5.41) is 9.38. The lowest BCUT2D eigenvalue weighted by molar-refractivity contribution is 0.144. The van der Waals surface area contributed by atoms with Gasteiger partial charge < -0.3 is 19.0 Å². The van der Waals surface area contributed by atoms with Gasteiger partial charge in [0.1, 0.15) is 11.5 Å². The molecule has 1 N–H and O–H groups in total. The molecular weight excluding hydrogens is 224 g/mol. The standard InChI is InChI=1S/C12H12O5/c1-6-7(2)16-11-9(6)4-8(17-12(13)14)5-10(11)15-3/h4-5H,1-3H3,(H,13,14). The Bertz CT molecular complexity index is 582. The molecule has 0 saturated heterocycles. The van der Waals surface area contributed by atoms with Crippen LogP contribution in [0.5, 0.6) is 11.5 Å². The molecule has 0 amide bonds. The van der Waals surface area contributed by atoms with Crippen molar-refractivity contribution >= 4 is 17.1 Å². The average molecular weight is 236 g/mol. The molecular formula is C12H12O5. The number of hydrogen-bond donors (Lipinski definition) is 1. The highest BCUT2D eigenvalue weighted by Crippen LogP contribution is 2.36. The second-order valence-electron chi connectivity index (χ2n) is 3.65. The lowest BCUT2D eigenvalue weighted by atomic mass is 10.1. The van der Waals surface area contributed by atoms with Gasteiger partial charge in [-0.3, -0.25) is 0 Å². The number of methoxy groups -OCH3 is 1.